The van der Waals surface area contributed by atoms with Crippen LogP contribution in [0.25, 0.3) is 0 Å². The summed E-state index contributed by atoms with van der Waals surface area (Å²) in [6, 6.07) is 0. The fourth-order valence-electron chi connectivity index (χ4n) is 1.23. The lowest BCUT2D eigenvalue weighted by atomic mass is 9.90. The van der Waals surface area contributed by atoms with E-state index in [2.05, 4.69) is 20.5 Å². The van der Waals surface area contributed by atoms with E-state index in [4.69, 9.17) is 5.11 Å². The Kier molecular flexibility index (Phi) is 4.00. The number of nitrogens with one attached hydrogen (secondary N) is 2. The highest BCUT2D eigenvalue weighted by molar-refractivity contribution is 5.90. The minimum Gasteiger partial charge on any atom is -0.396 e. The Morgan fingerprint density at radius 3 is 2.75 bits per heavy atom. The molecule has 0 fully saturated rings. The summed E-state index contributed by atoms with van der Waals surface area (Å²) in [5, 5.41) is 18.0. The maximum Gasteiger partial charge on any atom is 0.290 e. The maximum atomic E-state index is 11.6. The van der Waals surface area contributed by atoms with Gasteiger partial charge in [-0.15, -0.1) is 5.10 Å². The van der Waals surface area contributed by atoms with Gasteiger partial charge in [0.05, 0.1) is 0 Å². The number of carbonyl (C=O) groups excluding carboxylic acids is 1. The van der Waals surface area contributed by atoms with Crippen LogP contribution in [0.3, 0.4) is 0 Å². The zero-order valence-electron chi connectivity index (χ0n) is 9.87. The van der Waals surface area contributed by atoms with Crippen molar-refractivity contribution in [1.29, 1.82) is 0 Å². The van der Waals surface area contributed by atoms with Gasteiger partial charge >= 0.3 is 0 Å². The van der Waals surface area contributed by atoms with Crippen molar-refractivity contribution >= 4 is 5.91 Å². The summed E-state index contributed by atoms with van der Waals surface area (Å²) in [5.41, 5.74) is -0.129. The molecule has 3 N–H and O–H groups in total. The topological polar surface area (TPSA) is 90.9 Å². The van der Waals surface area contributed by atoms with Crippen LogP contribution in [0.1, 0.15) is 36.7 Å². The average Bonchev–Trinajstić information content (AvgIpc) is 2.61. The number of rotatable bonds is 5. The fourth-order valence-corrected chi connectivity index (χ4v) is 1.23. The SMILES string of the molecule is Cc1nc(C(=O)NCC(C)(C)CCO)n[nH]1. The number of H-pyrrole nitrogens is 1. The van der Waals surface area contributed by atoms with E-state index in [1.54, 1.807) is 6.92 Å². The van der Waals surface area contributed by atoms with Gasteiger partial charge in [-0.3, -0.25) is 9.89 Å². The molecule has 0 atom stereocenters. The van der Waals surface area contributed by atoms with E-state index in [9.17, 15) is 4.79 Å². The van der Waals surface area contributed by atoms with E-state index >= 15 is 0 Å². The molecule has 0 spiro atoms. The van der Waals surface area contributed by atoms with Crippen LogP contribution in [0.2, 0.25) is 0 Å². The Hall–Kier alpha value is -1.43. The Morgan fingerprint density at radius 2 is 2.25 bits per heavy atom. The number of carbonyl (C=O) groups is 1. The summed E-state index contributed by atoms with van der Waals surface area (Å²) in [5.74, 6) is 0.465. The first kappa shape index (κ1) is 12.6. The first-order valence-corrected chi connectivity index (χ1v) is 5.23. The third kappa shape index (κ3) is 3.62. The molecule has 1 aromatic rings. The Bertz CT molecular complexity index is 359. The van der Waals surface area contributed by atoms with Gasteiger partial charge in [-0.1, -0.05) is 13.8 Å². The number of nitrogens with zero attached hydrogens (tertiary/aromatic N) is 2. The largest absolute Gasteiger partial charge is 0.396 e. The highest BCUT2D eigenvalue weighted by atomic mass is 16.3. The number of amides is 1. The van der Waals surface area contributed by atoms with E-state index in [0.29, 0.717) is 18.8 Å². The van der Waals surface area contributed by atoms with E-state index in [0.717, 1.165) is 0 Å². The van der Waals surface area contributed by atoms with E-state index in [-0.39, 0.29) is 23.8 Å². The molecule has 0 aromatic carbocycles. The predicted molar refractivity (Wildman–Crippen MR) is 58.9 cm³/mol. The summed E-state index contributed by atoms with van der Waals surface area (Å²) in [6.07, 6.45) is 0.639. The lowest BCUT2D eigenvalue weighted by Crippen LogP contribution is -2.35. The molecular formula is C10H18N4O2. The van der Waals surface area contributed by atoms with Crippen molar-refractivity contribution in [3.63, 3.8) is 0 Å². The van der Waals surface area contributed by atoms with Crippen LogP contribution in [0.5, 0.6) is 0 Å². The normalized spacial score (nSPS) is 11.5. The Balaban J connectivity index is 2.47. The molecular weight excluding hydrogens is 208 g/mol. The molecule has 0 saturated carbocycles. The molecule has 6 heteroatoms. The number of aliphatic hydroxyl groups excluding tert-OH is 1. The molecule has 1 aromatic heterocycles. The maximum absolute atomic E-state index is 11.6. The number of aliphatic hydroxyl groups is 1. The summed E-state index contributed by atoms with van der Waals surface area (Å²) in [6.45, 7) is 6.29. The van der Waals surface area contributed by atoms with Crippen molar-refractivity contribution in [3.05, 3.63) is 11.6 Å². The van der Waals surface area contributed by atoms with Crippen LogP contribution >= 0.6 is 0 Å². The summed E-state index contributed by atoms with van der Waals surface area (Å²) in [7, 11) is 0. The van der Waals surface area contributed by atoms with Crippen LogP contribution in [-0.2, 0) is 0 Å². The van der Waals surface area contributed by atoms with Gasteiger partial charge < -0.3 is 10.4 Å². The minimum absolute atomic E-state index is 0.114. The summed E-state index contributed by atoms with van der Waals surface area (Å²) < 4.78 is 0. The highest BCUT2D eigenvalue weighted by Gasteiger charge is 2.19. The molecule has 0 radical (unpaired) electrons. The van der Waals surface area contributed by atoms with Gasteiger partial charge in [0.15, 0.2) is 0 Å². The van der Waals surface area contributed by atoms with Crippen LogP contribution < -0.4 is 5.32 Å². The second-order valence-electron chi connectivity index (χ2n) is 4.56. The van der Waals surface area contributed by atoms with Crippen molar-refractivity contribution in [3.8, 4) is 0 Å². The van der Waals surface area contributed by atoms with E-state index in [1.165, 1.54) is 0 Å². The van der Waals surface area contributed by atoms with Gasteiger partial charge in [-0.2, -0.15) is 0 Å². The molecule has 0 aliphatic heterocycles. The third-order valence-electron chi connectivity index (χ3n) is 2.32. The quantitative estimate of drug-likeness (QED) is 0.671. The summed E-state index contributed by atoms with van der Waals surface area (Å²) in [4.78, 5) is 15.5. The van der Waals surface area contributed by atoms with Gasteiger partial charge in [-0.05, 0) is 18.8 Å². The molecule has 1 heterocycles. The van der Waals surface area contributed by atoms with Gasteiger partial charge in [-0.25, -0.2) is 4.98 Å². The number of aromatic nitrogens is 3. The molecule has 0 aliphatic carbocycles. The molecule has 1 amide bonds. The first-order chi connectivity index (χ1) is 7.44. The van der Waals surface area contributed by atoms with Crippen molar-refractivity contribution in [2.24, 2.45) is 5.41 Å². The average molecular weight is 226 g/mol. The van der Waals surface area contributed by atoms with Crippen LogP contribution in [-0.4, -0.2) is 39.3 Å². The Labute approximate surface area is 94.5 Å². The smallest absolute Gasteiger partial charge is 0.290 e. The van der Waals surface area contributed by atoms with Crippen LogP contribution in [0.15, 0.2) is 0 Å². The molecule has 0 bridgehead atoms. The zero-order valence-corrected chi connectivity index (χ0v) is 9.87. The monoisotopic (exact) mass is 226 g/mol. The van der Waals surface area contributed by atoms with Gasteiger partial charge in [0.25, 0.3) is 5.91 Å². The molecule has 0 saturated heterocycles. The molecule has 0 unspecified atom stereocenters. The van der Waals surface area contributed by atoms with Gasteiger partial charge in [0.1, 0.15) is 5.82 Å². The van der Waals surface area contributed by atoms with Crippen molar-refractivity contribution in [1.82, 2.24) is 20.5 Å². The minimum atomic E-state index is -0.296. The van der Waals surface area contributed by atoms with Crippen LogP contribution in [0.4, 0.5) is 0 Å². The first-order valence-electron chi connectivity index (χ1n) is 5.23. The van der Waals surface area contributed by atoms with Crippen molar-refractivity contribution < 1.29 is 9.90 Å². The number of hydrogen-bond donors (Lipinski definition) is 3. The van der Waals surface area contributed by atoms with Crippen molar-refractivity contribution in [2.45, 2.75) is 27.2 Å². The lowest BCUT2D eigenvalue weighted by molar-refractivity contribution is 0.0918. The van der Waals surface area contributed by atoms with E-state index in [1.807, 2.05) is 13.8 Å². The lowest BCUT2D eigenvalue weighted by Gasteiger charge is -2.23. The van der Waals surface area contributed by atoms with Crippen molar-refractivity contribution in [2.75, 3.05) is 13.2 Å². The van der Waals surface area contributed by atoms with E-state index < -0.39 is 0 Å². The standard InChI is InChI=1S/C10H18N4O2/c1-7-12-8(14-13-7)9(16)11-6-10(2,3)4-5-15/h15H,4-6H2,1-3H3,(H,11,16)(H,12,13,14). The van der Waals surface area contributed by atoms with Gasteiger partial charge in [0, 0.05) is 13.2 Å². The molecule has 16 heavy (non-hydrogen) atoms. The van der Waals surface area contributed by atoms with Crippen LogP contribution in [0, 0.1) is 12.3 Å². The molecule has 0 aliphatic rings. The second-order valence-corrected chi connectivity index (χ2v) is 4.56. The fraction of sp³-hybridized carbons (Fsp3) is 0.700. The zero-order chi connectivity index (χ0) is 12.2. The molecule has 90 valence electrons. The summed E-state index contributed by atoms with van der Waals surface area (Å²) >= 11 is 0. The number of hydrogen-bond acceptors (Lipinski definition) is 4. The Morgan fingerprint density at radius 1 is 1.56 bits per heavy atom. The van der Waals surface area contributed by atoms with Gasteiger partial charge in [0.2, 0.25) is 5.82 Å². The third-order valence-corrected chi connectivity index (χ3v) is 2.32. The highest BCUT2D eigenvalue weighted by Crippen LogP contribution is 2.17. The number of aromatic amines is 1. The predicted octanol–water partition coefficient (Wildman–Crippen LogP) is 0.252. The number of aryl methyl sites for hydroxylation is 1. The molecule has 6 nitrogen and oxygen atoms in total. The second kappa shape index (κ2) is 5.07. The molecule has 1 rings (SSSR count).